The number of methoxy groups -OCH3 is 1. The van der Waals surface area contributed by atoms with E-state index >= 15 is 0 Å². The minimum atomic E-state index is -1.25. The number of esters is 2. The van der Waals surface area contributed by atoms with Gasteiger partial charge in [0.2, 0.25) is 0 Å². The van der Waals surface area contributed by atoms with Crippen molar-refractivity contribution in [3.8, 4) is 5.75 Å². The fourth-order valence-corrected chi connectivity index (χ4v) is 3.61. The molecular formula is C14H12BrIO5. The SMILES string of the molecule is COc1c(I)cc(Br)cc1C=C1C(=O)OC(C)(C)OC1=O. The lowest BCUT2D eigenvalue weighted by Gasteiger charge is -2.29. The Kier molecular flexibility index (Phi) is 4.62. The molecule has 0 aromatic heterocycles. The lowest BCUT2D eigenvalue weighted by atomic mass is 10.1. The fourth-order valence-electron chi connectivity index (χ4n) is 1.84. The maximum Gasteiger partial charge on any atom is 0.348 e. The van der Waals surface area contributed by atoms with Crippen LogP contribution in [0.5, 0.6) is 5.75 Å². The predicted octanol–water partition coefficient (Wildman–Crippen LogP) is 3.28. The number of rotatable bonds is 2. The molecular weight excluding hydrogens is 455 g/mol. The van der Waals surface area contributed by atoms with E-state index < -0.39 is 17.7 Å². The van der Waals surface area contributed by atoms with Crippen LogP contribution in [0.2, 0.25) is 0 Å². The van der Waals surface area contributed by atoms with E-state index in [1.807, 2.05) is 6.07 Å². The number of hydrogen-bond acceptors (Lipinski definition) is 5. The smallest absolute Gasteiger partial charge is 0.348 e. The van der Waals surface area contributed by atoms with Gasteiger partial charge in [-0.25, -0.2) is 9.59 Å². The minimum absolute atomic E-state index is 0.165. The highest BCUT2D eigenvalue weighted by Crippen LogP contribution is 2.32. The third-order valence-electron chi connectivity index (χ3n) is 2.66. The Morgan fingerprint density at radius 1 is 1.24 bits per heavy atom. The Bertz CT molecular complexity index is 629. The van der Waals surface area contributed by atoms with E-state index in [4.69, 9.17) is 14.2 Å². The number of carbonyl (C=O) groups is 2. The second-order valence-electron chi connectivity index (χ2n) is 4.75. The molecule has 112 valence electrons. The average Bonchev–Trinajstić information content (AvgIpc) is 2.32. The van der Waals surface area contributed by atoms with Gasteiger partial charge in [-0.15, -0.1) is 0 Å². The van der Waals surface area contributed by atoms with Crippen LogP contribution in [0.25, 0.3) is 6.08 Å². The zero-order valence-corrected chi connectivity index (χ0v) is 15.3. The summed E-state index contributed by atoms with van der Waals surface area (Å²) in [7, 11) is 1.52. The molecule has 21 heavy (non-hydrogen) atoms. The molecule has 0 N–H and O–H groups in total. The normalized spacial score (nSPS) is 17.1. The Balaban J connectivity index is 2.49. The van der Waals surface area contributed by atoms with Crippen molar-refractivity contribution in [3.05, 3.63) is 31.3 Å². The number of carbonyl (C=O) groups excluding carboxylic acids is 2. The largest absolute Gasteiger partial charge is 0.495 e. The van der Waals surface area contributed by atoms with Crippen LogP contribution in [0.15, 0.2) is 22.2 Å². The van der Waals surface area contributed by atoms with Gasteiger partial charge in [-0.3, -0.25) is 0 Å². The molecule has 2 rings (SSSR count). The van der Waals surface area contributed by atoms with Gasteiger partial charge in [-0.05, 0) is 40.8 Å². The summed E-state index contributed by atoms with van der Waals surface area (Å²) >= 11 is 5.47. The summed E-state index contributed by atoms with van der Waals surface area (Å²) in [5.41, 5.74) is 0.418. The maximum atomic E-state index is 11.9. The highest BCUT2D eigenvalue weighted by atomic mass is 127. The number of ether oxygens (including phenoxy) is 3. The first kappa shape index (κ1) is 16.3. The summed E-state index contributed by atoms with van der Waals surface area (Å²) in [5.74, 6) is -2.11. The average molecular weight is 467 g/mol. The van der Waals surface area contributed by atoms with Crippen molar-refractivity contribution in [2.24, 2.45) is 0 Å². The highest BCUT2D eigenvalue weighted by Gasteiger charge is 2.39. The molecule has 0 saturated carbocycles. The van der Waals surface area contributed by atoms with E-state index in [2.05, 4.69) is 38.5 Å². The lowest BCUT2D eigenvalue weighted by molar-refractivity contribution is -0.222. The first-order chi connectivity index (χ1) is 9.73. The summed E-state index contributed by atoms with van der Waals surface area (Å²) < 4.78 is 17.1. The fraction of sp³-hybridized carbons (Fsp3) is 0.286. The third-order valence-corrected chi connectivity index (χ3v) is 3.92. The first-order valence-electron chi connectivity index (χ1n) is 5.95. The van der Waals surface area contributed by atoms with E-state index in [1.54, 1.807) is 6.07 Å². The maximum absolute atomic E-state index is 11.9. The van der Waals surface area contributed by atoms with Gasteiger partial charge in [-0.1, -0.05) is 15.9 Å². The molecule has 1 aliphatic heterocycles. The van der Waals surface area contributed by atoms with Gasteiger partial charge in [0.05, 0.1) is 10.7 Å². The van der Waals surface area contributed by atoms with Crippen molar-refractivity contribution in [2.45, 2.75) is 19.6 Å². The summed E-state index contributed by atoms with van der Waals surface area (Å²) in [6.45, 7) is 3.00. The van der Waals surface area contributed by atoms with Crippen molar-refractivity contribution in [2.75, 3.05) is 7.11 Å². The van der Waals surface area contributed by atoms with E-state index in [0.717, 1.165) is 8.04 Å². The van der Waals surface area contributed by atoms with Crippen LogP contribution in [0.4, 0.5) is 0 Å². The molecule has 0 radical (unpaired) electrons. The van der Waals surface area contributed by atoms with E-state index in [1.165, 1.54) is 27.0 Å². The quantitative estimate of drug-likeness (QED) is 0.290. The van der Waals surface area contributed by atoms with Crippen molar-refractivity contribution >= 4 is 56.5 Å². The summed E-state index contributed by atoms with van der Waals surface area (Å²) in [6.07, 6.45) is 1.41. The van der Waals surface area contributed by atoms with Crippen molar-refractivity contribution in [3.63, 3.8) is 0 Å². The van der Waals surface area contributed by atoms with Crippen LogP contribution < -0.4 is 4.74 Å². The molecule has 1 heterocycles. The first-order valence-corrected chi connectivity index (χ1v) is 7.82. The number of benzene rings is 1. The summed E-state index contributed by atoms with van der Waals surface area (Å²) in [4.78, 5) is 23.9. The molecule has 5 nitrogen and oxygen atoms in total. The Labute approximate surface area is 143 Å². The van der Waals surface area contributed by atoms with Crippen LogP contribution in [-0.4, -0.2) is 24.8 Å². The standard InChI is InChI=1S/C14H12BrIO5/c1-14(2)20-12(17)9(13(18)21-14)5-7-4-8(15)6-10(16)11(7)19-3/h4-6H,1-3H3. The molecule has 0 aliphatic carbocycles. The number of halogens is 2. The van der Waals surface area contributed by atoms with E-state index in [0.29, 0.717) is 11.3 Å². The molecule has 1 aromatic rings. The Morgan fingerprint density at radius 2 is 1.81 bits per heavy atom. The molecule has 0 amide bonds. The molecule has 1 aromatic carbocycles. The monoisotopic (exact) mass is 466 g/mol. The van der Waals surface area contributed by atoms with Gasteiger partial charge in [0.1, 0.15) is 11.3 Å². The Morgan fingerprint density at radius 3 is 2.33 bits per heavy atom. The minimum Gasteiger partial charge on any atom is -0.495 e. The van der Waals surface area contributed by atoms with Gasteiger partial charge >= 0.3 is 11.9 Å². The molecule has 1 aliphatic rings. The highest BCUT2D eigenvalue weighted by molar-refractivity contribution is 14.1. The number of cyclic esters (lactones) is 2. The molecule has 7 heteroatoms. The van der Waals surface area contributed by atoms with Crippen molar-refractivity contribution in [1.29, 1.82) is 0 Å². The van der Waals surface area contributed by atoms with Crippen LogP contribution in [0.1, 0.15) is 19.4 Å². The van der Waals surface area contributed by atoms with Crippen LogP contribution in [0, 0.1) is 3.57 Å². The second kappa shape index (κ2) is 5.96. The third kappa shape index (κ3) is 3.57. The van der Waals surface area contributed by atoms with Gasteiger partial charge in [0.15, 0.2) is 0 Å². The van der Waals surface area contributed by atoms with Crippen molar-refractivity contribution in [1.82, 2.24) is 0 Å². The lowest BCUT2D eigenvalue weighted by Crippen LogP contribution is -2.41. The predicted molar refractivity (Wildman–Crippen MR) is 87.7 cm³/mol. The van der Waals surface area contributed by atoms with Crippen LogP contribution in [-0.2, 0) is 19.1 Å². The molecule has 0 unspecified atom stereocenters. The van der Waals surface area contributed by atoms with Gasteiger partial charge in [0, 0.05) is 23.9 Å². The Hall–Kier alpha value is -1.09. The second-order valence-corrected chi connectivity index (χ2v) is 6.82. The topological polar surface area (TPSA) is 61.8 Å². The zero-order chi connectivity index (χ0) is 15.8. The number of hydrogen-bond donors (Lipinski definition) is 0. The van der Waals surface area contributed by atoms with Gasteiger partial charge in [0.25, 0.3) is 5.79 Å². The van der Waals surface area contributed by atoms with Gasteiger partial charge in [-0.2, -0.15) is 0 Å². The van der Waals surface area contributed by atoms with Gasteiger partial charge < -0.3 is 14.2 Å². The molecule has 0 spiro atoms. The van der Waals surface area contributed by atoms with E-state index in [9.17, 15) is 9.59 Å². The molecule has 1 fully saturated rings. The van der Waals surface area contributed by atoms with Crippen LogP contribution in [0.3, 0.4) is 0 Å². The summed E-state index contributed by atoms with van der Waals surface area (Å²) in [6, 6.07) is 3.61. The summed E-state index contributed by atoms with van der Waals surface area (Å²) in [5, 5.41) is 0. The van der Waals surface area contributed by atoms with E-state index in [-0.39, 0.29) is 5.57 Å². The molecule has 0 atom stereocenters. The van der Waals surface area contributed by atoms with Crippen molar-refractivity contribution < 1.29 is 23.8 Å². The molecule has 1 saturated heterocycles. The molecule has 0 bridgehead atoms. The van der Waals surface area contributed by atoms with Crippen LogP contribution >= 0.6 is 38.5 Å². The zero-order valence-electron chi connectivity index (χ0n) is 11.5.